The molecule has 0 aromatic heterocycles. The van der Waals surface area contributed by atoms with E-state index in [1.54, 1.807) is 17.0 Å². The van der Waals surface area contributed by atoms with Crippen LogP contribution in [0.25, 0.3) is 0 Å². The Kier molecular flexibility index (Phi) is 3.43. The van der Waals surface area contributed by atoms with E-state index in [0.717, 1.165) is 12.0 Å². The zero-order chi connectivity index (χ0) is 11.5. The summed E-state index contributed by atoms with van der Waals surface area (Å²) in [6.07, 6.45) is 0.542. The quantitative estimate of drug-likeness (QED) is 0.837. The van der Waals surface area contributed by atoms with Crippen LogP contribution in [0, 0.1) is 5.82 Å². The smallest absolute Gasteiger partial charge is 0.410 e. The molecular formula is C11H11BrFNO2. The van der Waals surface area contributed by atoms with Crippen molar-refractivity contribution in [3.63, 3.8) is 0 Å². The van der Waals surface area contributed by atoms with Crippen molar-refractivity contribution >= 4 is 22.0 Å². The first-order valence-corrected chi connectivity index (χ1v) is 5.82. The van der Waals surface area contributed by atoms with E-state index < -0.39 is 0 Å². The van der Waals surface area contributed by atoms with Gasteiger partial charge in [-0.2, -0.15) is 0 Å². The molecule has 0 bridgehead atoms. The van der Waals surface area contributed by atoms with Crippen molar-refractivity contribution < 1.29 is 13.9 Å². The van der Waals surface area contributed by atoms with Crippen LogP contribution in [0.4, 0.5) is 9.18 Å². The lowest BCUT2D eigenvalue weighted by Crippen LogP contribution is -2.37. The average molecular weight is 288 g/mol. The van der Waals surface area contributed by atoms with E-state index in [2.05, 4.69) is 15.9 Å². The highest BCUT2D eigenvalue weighted by atomic mass is 79.9. The number of carbonyl (C=O) groups excluding carboxylic acids is 1. The number of hydrogen-bond acceptors (Lipinski definition) is 2. The topological polar surface area (TPSA) is 29.5 Å². The molecular weight excluding hydrogens is 277 g/mol. The van der Waals surface area contributed by atoms with Crippen molar-refractivity contribution in [3.05, 3.63) is 34.1 Å². The molecule has 86 valence electrons. The molecule has 3 nitrogen and oxygen atoms in total. The molecule has 0 spiro atoms. The number of ether oxygens (including phenoxy) is 1. The number of rotatable bonds is 2. The molecule has 0 radical (unpaired) electrons. The largest absolute Gasteiger partial charge is 0.449 e. The minimum Gasteiger partial charge on any atom is -0.449 e. The minimum absolute atomic E-state index is 0.299. The number of cyclic esters (lactones) is 1. The Morgan fingerprint density at radius 2 is 2.31 bits per heavy atom. The molecule has 0 unspecified atom stereocenters. The van der Waals surface area contributed by atoms with E-state index in [1.807, 2.05) is 0 Å². The second-order valence-electron chi connectivity index (χ2n) is 3.64. The second kappa shape index (κ2) is 4.82. The van der Waals surface area contributed by atoms with Crippen molar-refractivity contribution in [1.82, 2.24) is 4.90 Å². The first-order chi connectivity index (χ1) is 7.66. The summed E-state index contributed by atoms with van der Waals surface area (Å²) in [4.78, 5) is 13.0. The average Bonchev–Trinajstić information content (AvgIpc) is 2.27. The third-order valence-corrected chi connectivity index (χ3v) is 3.02. The third kappa shape index (κ3) is 2.52. The normalized spacial score (nSPS) is 16.1. The molecule has 5 heteroatoms. The van der Waals surface area contributed by atoms with Gasteiger partial charge in [0.05, 0.1) is 11.1 Å². The van der Waals surface area contributed by atoms with Crippen LogP contribution in [0.5, 0.6) is 0 Å². The van der Waals surface area contributed by atoms with E-state index in [-0.39, 0.29) is 11.9 Å². The third-order valence-electron chi connectivity index (χ3n) is 2.41. The number of benzene rings is 1. The summed E-state index contributed by atoms with van der Waals surface area (Å²) >= 11 is 3.12. The van der Waals surface area contributed by atoms with Crippen LogP contribution >= 0.6 is 15.9 Å². The fraction of sp³-hybridized carbons (Fsp3) is 0.364. The number of nitrogens with zero attached hydrogens (tertiary/aromatic N) is 1. The fourth-order valence-corrected chi connectivity index (χ4v) is 2.03. The molecule has 0 saturated carbocycles. The van der Waals surface area contributed by atoms with E-state index in [4.69, 9.17) is 4.74 Å². The first kappa shape index (κ1) is 11.4. The molecule has 0 aliphatic carbocycles. The maximum absolute atomic E-state index is 13.0. The lowest BCUT2D eigenvalue weighted by Gasteiger charge is -2.26. The van der Waals surface area contributed by atoms with Crippen LogP contribution in [-0.2, 0) is 11.3 Å². The Labute approximate surface area is 101 Å². The summed E-state index contributed by atoms with van der Waals surface area (Å²) in [5.41, 5.74) is 0.882. The minimum atomic E-state index is -0.301. The Morgan fingerprint density at radius 3 is 3.00 bits per heavy atom. The molecule has 1 amide bonds. The van der Waals surface area contributed by atoms with Crippen LogP contribution in [0.15, 0.2) is 22.7 Å². The van der Waals surface area contributed by atoms with Gasteiger partial charge in [0.25, 0.3) is 0 Å². The highest BCUT2D eigenvalue weighted by Gasteiger charge is 2.19. The number of halogens is 2. The molecule has 0 atom stereocenters. The highest BCUT2D eigenvalue weighted by Crippen LogP contribution is 2.19. The molecule has 1 aliphatic rings. The predicted molar refractivity (Wildman–Crippen MR) is 60.5 cm³/mol. The Hall–Kier alpha value is -1.10. The van der Waals surface area contributed by atoms with E-state index in [0.29, 0.717) is 24.2 Å². The number of hydrogen-bond donors (Lipinski definition) is 0. The molecule has 1 saturated heterocycles. The lowest BCUT2D eigenvalue weighted by atomic mass is 10.2. The molecule has 1 heterocycles. The van der Waals surface area contributed by atoms with Crippen LogP contribution in [-0.4, -0.2) is 24.1 Å². The summed E-state index contributed by atoms with van der Waals surface area (Å²) in [5.74, 6) is -0.301. The summed E-state index contributed by atoms with van der Waals surface area (Å²) < 4.78 is 18.3. The standard InChI is InChI=1S/C11H11BrFNO2/c12-9-6-8(2-3-10(9)13)7-14-4-1-5-16-11(14)15/h2-3,6H,1,4-5,7H2. The van der Waals surface area contributed by atoms with E-state index >= 15 is 0 Å². The van der Waals surface area contributed by atoms with Gasteiger partial charge in [-0.25, -0.2) is 9.18 Å². The van der Waals surface area contributed by atoms with Crippen LogP contribution in [0.1, 0.15) is 12.0 Å². The summed E-state index contributed by atoms with van der Waals surface area (Å²) in [7, 11) is 0. The van der Waals surface area contributed by atoms with Crippen molar-refractivity contribution in [1.29, 1.82) is 0 Å². The van der Waals surface area contributed by atoms with Crippen LogP contribution < -0.4 is 0 Å². The molecule has 0 N–H and O–H groups in total. The van der Waals surface area contributed by atoms with Gasteiger partial charge in [-0.15, -0.1) is 0 Å². The maximum atomic E-state index is 13.0. The van der Waals surface area contributed by atoms with Crippen molar-refractivity contribution in [2.24, 2.45) is 0 Å². The van der Waals surface area contributed by atoms with E-state index in [1.165, 1.54) is 6.07 Å². The Balaban J connectivity index is 2.08. The van der Waals surface area contributed by atoms with Gasteiger partial charge >= 0.3 is 6.09 Å². The predicted octanol–water partition coefficient (Wildman–Crippen LogP) is 2.93. The molecule has 1 aromatic rings. The monoisotopic (exact) mass is 287 g/mol. The molecule has 1 fully saturated rings. The summed E-state index contributed by atoms with van der Waals surface area (Å²) in [6.45, 7) is 1.63. The Morgan fingerprint density at radius 1 is 1.50 bits per heavy atom. The van der Waals surface area contributed by atoms with Gasteiger partial charge < -0.3 is 9.64 Å². The van der Waals surface area contributed by atoms with Gasteiger partial charge in [-0.05, 0) is 40.0 Å². The van der Waals surface area contributed by atoms with Crippen molar-refractivity contribution in [3.8, 4) is 0 Å². The van der Waals surface area contributed by atoms with Crippen molar-refractivity contribution in [2.45, 2.75) is 13.0 Å². The van der Waals surface area contributed by atoms with Gasteiger partial charge in [0.1, 0.15) is 5.82 Å². The lowest BCUT2D eigenvalue weighted by molar-refractivity contribution is 0.0700. The summed E-state index contributed by atoms with van der Waals surface area (Å²) in [5, 5.41) is 0. The van der Waals surface area contributed by atoms with Gasteiger partial charge in [0.15, 0.2) is 0 Å². The summed E-state index contributed by atoms with van der Waals surface area (Å²) in [6, 6.07) is 4.73. The van der Waals surface area contributed by atoms with Gasteiger partial charge in [0, 0.05) is 13.1 Å². The zero-order valence-corrected chi connectivity index (χ0v) is 10.2. The second-order valence-corrected chi connectivity index (χ2v) is 4.49. The van der Waals surface area contributed by atoms with Gasteiger partial charge in [0.2, 0.25) is 0 Å². The number of amides is 1. The maximum Gasteiger partial charge on any atom is 0.410 e. The van der Waals surface area contributed by atoms with Crippen LogP contribution in [0.2, 0.25) is 0 Å². The SMILES string of the molecule is O=C1OCCCN1Cc1ccc(F)c(Br)c1. The van der Waals surface area contributed by atoms with E-state index in [9.17, 15) is 9.18 Å². The zero-order valence-electron chi connectivity index (χ0n) is 8.58. The van der Waals surface area contributed by atoms with Crippen molar-refractivity contribution in [2.75, 3.05) is 13.2 Å². The highest BCUT2D eigenvalue weighted by molar-refractivity contribution is 9.10. The molecule has 2 rings (SSSR count). The first-order valence-electron chi connectivity index (χ1n) is 5.02. The molecule has 1 aromatic carbocycles. The van der Waals surface area contributed by atoms with Gasteiger partial charge in [-0.3, -0.25) is 0 Å². The molecule has 1 aliphatic heterocycles. The van der Waals surface area contributed by atoms with Gasteiger partial charge in [-0.1, -0.05) is 6.07 Å². The molecule has 16 heavy (non-hydrogen) atoms. The fourth-order valence-electron chi connectivity index (χ4n) is 1.60. The Bertz CT molecular complexity index is 411. The number of carbonyl (C=O) groups is 1. The van der Waals surface area contributed by atoms with Crippen LogP contribution in [0.3, 0.4) is 0 Å².